The number of amides is 3. The summed E-state index contributed by atoms with van der Waals surface area (Å²) >= 11 is 0. The summed E-state index contributed by atoms with van der Waals surface area (Å²) in [7, 11) is 0. The molecule has 0 unspecified atom stereocenters. The number of rotatable bonds is 5. The quantitative estimate of drug-likeness (QED) is 0.471. The number of nitrogens with two attached hydrogens (primary N) is 1. The minimum absolute atomic E-state index is 0.0668. The van der Waals surface area contributed by atoms with E-state index >= 15 is 0 Å². The highest BCUT2D eigenvalue weighted by Gasteiger charge is 2.39. The van der Waals surface area contributed by atoms with E-state index in [0.29, 0.717) is 13.0 Å². The van der Waals surface area contributed by atoms with Crippen LogP contribution in [0.15, 0.2) is 0 Å². The minimum Gasteiger partial charge on any atom is -0.391 e. The van der Waals surface area contributed by atoms with E-state index in [4.69, 9.17) is 5.73 Å². The standard InChI is InChI=1S/C14H24N4O4/c1-8(19)11(12(15)20)17-13(21)10-5-3-7-18(10)14(22)9-4-2-6-16-9/h8-11,16,19H,2-7H2,1H3,(H2,15,20)(H,17,21)/t8-,9-,10-,11+/m1/s1. The van der Waals surface area contributed by atoms with E-state index in [9.17, 15) is 19.5 Å². The summed E-state index contributed by atoms with van der Waals surface area (Å²) in [6.07, 6.45) is 1.94. The largest absolute Gasteiger partial charge is 0.391 e. The van der Waals surface area contributed by atoms with Gasteiger partial charge in [-0.1, -0.05) is 0 Å². The van der Waals surface area contributed by atoms with Gasteiger partial charge < -0.3 is 26.4 Å². The van der Waals surface area contributed by atoms with Crippen LogP contribution in [0.1, 0.15) is 32.6 Å². The lowest BCUT2D eigenvalue weighted by molar-refractivity contribution is -0.141. The molecule has 0 saturated carbocycles. The topological polar surface area (TPSA) is 125 Å². The van der Waals surface area contributed by atoms with Crippen molar-refractivity contribution in [3.63, 3.8) is 0 Å². The van der Waals surface area contributed by atoms with Gasteiger partial charge in [-0.05, 0) is 39.2 Å². The molecule has 2 saturated heterocycles. The molecule has 22 heavy (non-hydrogen) atoms. The Morgan fingerprint density at radius 2 is 2.05 bits per heavy atom. The predicted octanol–water partition coefficient (Wildman–Crippen LogP) is -1.92. The molecule has 0 aromatic heterocycles. The highest BCUT2D eigenvalue weighted by molar-refractivity contribution is 5.93. The van der Waals surface area contributed by atoms with E-state index in [1.54, 1.807) is 4.90 Å². The zero-order valence-electron chi connectivity index (χ0n) is 12.7. The van der Waals surface area contributed by atoms with Gasteiger partial charge in [0.2, 0.25) is 17.7 Å². The summed E-state index contributed by atoms with van der Waals surface area (Å²) in [6.45, 7) is 2.73. The summed E-state index contributed by atoms with van der Waals surface area (Å²) < 4.78 is 0. The van der Waals surface area contributed by atoms with Crippen molar-refractivity contribution in [3.8, 4) is 0 Å². The van der Waals surface area contributed by atoms with Gasteiger partial charge in [0, 0.05) is 6.54 Å². The molecule has 8 heteroatoms. The second kappa shape index (κ2) is 7.06. The first kappa shape index (κ1) is 16.7. The maximum absolute atomic E-state index is 12.5. The van der Waals surface area contributed by atoms with Crippen molar-refractivity contribution in [2.75, 3.05) is 13.1 Å². The van der Waals surface area contributed by atoms with Crippen LogP contribution in [-0.4, -0.2) is 65.0 Å². The molecule has 8 nitrogen and oxygen atoms in total. The number of hydrogen-bond acceptors (Lipinski definition) is 5. The Morgan fingerprint density at radius 1 is 1.32 bits per heavy atom. The van der Waals surface area contributed by atoms with E-state index in [1.165, 1.54) is 6.92 Å². The summed E-state index contributed by atoms with van der Waals surface area (Å²) in [5.74, 6) is -1.30. The molecule has 124 valence electrons. The molecule has 0 aromatic rings. The molecule has 2 heterocycles. The fraction of sp³-hybridized carbons (Fsp3) is 0.786. The van der Waals surface area contributed by atoms with Gasteiger partial charge in [0.25, 0.3) is 0 Å². The van der Waals surface area contributed by atoms with Gasteiger partial charge in [-0.15, -0.1) is 0 Å². The lowest BCUT2D eigenvalue weighted by Crippen LogP contribution is -2.57. The molecule has 0 spiro atoms. The fourth-order valence-corrected chi connectivity index (χ4v) is 3.08. The Hall–Kier alpha value is -1.67. The minimum atomic E-state index is -1.14. The Labute approximate surface area is 129 Å². The Kier molecular flexibility index (Phi) is 5.36. The number of carbonyl (C=O) groups excluding carboxylic acids is 3. The number of carbonyl (C=O) groups is 3. The van der Waals surface area contributed by atoms with E-state index in [0.717, 1.165) is 25.8 Å². The molecule has 0 aliphatic carbocycles. The third kappa shape index (κ3) is 3.56. The summed E-state index contributed by atoms with van der Waals surface area (Å²) in [6, 6.07) is -1.97. The van der Waals surface area contributed by atoms with Gasteiger partial charge in [-0.25, -0.2) is 0 Å². The Bertz CT molecular complexity index is 448. The average Bonchev–Trinajstić information content (AvgIpc) is 3.13. The molecule has 2 rings (SSSR count). The molecular weight excluding hydrogens is 288 g/mol. The summed E-state index contributed by atoms with van der Waals surface area (Å²) in [5, 5.41) is 15.1. The molecule has 5 N–H and O–H groups in total. The summed E-state index contributed by atoms with van der Waals surface area (Å²) in [4.78, 5) is 37.6. The monoisotopic (exact) mass is 312 g/mol. The smallest absolute Gasteiger partial charge is 0.243 e. The number of primary amides is 1. The first-order valence-electron chi connectivity index (χ1n) is 7.73. The molecule has 2 aliphatic heterocycles. The fourth-order valence-electron chi connectivity index (χ4n) is 3.08. The van der Waals surface area contributed by atoms with Gasteiger partial charge in [0.15, 0.2) is 0 Å². The number of nitrogens with one attached hydrogen (secondary N) is 2. The summed E-state index contributed by atoms with van der Waals surface area (Å²) in [5.41, 5.74) is 5.17. The average molecular weight is 312 g/mol. The molecule has 0 bridgehead atoms. The lowest BCUT2D eigenvalue weighted by Gasteiger charge is -2.28. The third-order valence-corrected chi connectivity index (χ3v) is 4.28. The van der Waals surface area contributed by atoms with E-state index < -0.39 is 30.0 Å². The normalized spacial score (nSPS) is 27.5. The Morgan fingerprint density at radius 3 is 2.59 bits per heavy atom. The van der Waals surface area contributed by atoms with E-state index in [-0.39, 0.29) is 11.9 Å². The first-order chi connectivity index (χ1) is 10.4. The van der Waals surface area contributed by atoms with Crippen molar-refractivity contribution < 1.29 is 19.5 Å². The SMILES string of the molecule is C[C@@H](O)[C@H](NC(=O)[C@H]1CCCN1C(=O)[C@H]1CCCN1)C(N)=O. The van der Waals surface area contributed by atoms with Crippen molar-refractivity contribution in [1.82, 2.24) is 15.5 Å². The van der Waals surface area contributed by atoms with Crippen molar-refractivity contribution >= 4 is 17.7 Å². The third-order valence-electron chi connectivity index (χ3n) is 4.28. The number of aliphatic hydroxyl groups is 1. The predicted molar refractivity (Wildman–Crippen MR) is 78.6 cm³/mol. The van der Waals surface area contributed by atoms with Gasteiger partial charge in [0.1, 0.15) is 12.1 Å². The van der Waals surface area contributed by atoms with E-state index in [1.807, 2.05) is 0 Å². The van der Waals surface area contributed by atoms with Crippen LogP contribution >= 0.6 is 0 Å². The van der Waals surface area contributed by atoms with Crippen molar-refractivity contribution in [2.45, 2.75) is 56.8 Å². The van der Waals surface area contributed by atoms with Crippen LogP contribution < -0.4 is 16.4 Å². The van der Waals surface area contributed by atoms with Gasteiger partial charge in [-0.3, -0.25) is 14.4 Å². The first-order valence-corrected chi connectivity index (χ1v) is 7.73. The number of nitrogens with zero attached hydrogens (tertiary/aromatic N) is 1. The zero-order valence-corrected chi connectivity index (χ0v) is 12.7. The second-order valence-corrected chi connectivity index (χ2v) is 5.97. The van der Waals surface area contributed by atoms with Gasteiger partial charge in [-0.2, -0.15) is 0 Å². The van der Waals surface area contributed by atoms with Crippen LogP contribution in [0.4, 0.5) is 0 Å². The van der Waals surface area contributed by atoms with Crippen LogP contribution in [0.25, 0.3) is 0 Å². The number of likely N-dealkylation sites (tertiary alicyclic amines) is 1. The van der Waals surface area contributed by atoms with Crippen LogP contribution in [0, 0.1) is 0 Å². The molecule has 2 aliphatic rings. The van der Waals surface area contributed by atoms with Crippen LogP contribution in [-0.2, 0) is 14.4 Å². The number of hydrogen-bond donors (Lipinski definition) is 4. The van der Waals surface area contributed by atoms with Crippen LogP contribution in [0.2, 0.25) is 0 Å². The molecular formula is C14H24N4O4. The molecule has 2 fully saturated rings. The lowest BCUT2D eigenvalue weighted by atomic mass is 10.1. The van der Waals surface area contributed by atoms with Crippen molar-refractivity contribution in [3.05, 3.63) is 0 Å². The molecule has 0 aromatic carbocycles. The van der Waals surface area contributed by atoms with Crippen molar-refractivity contribution in [2.24, 2.45) is 5.73 Å². The Balaban J connectivity index is 2.01. The highest BCUT2D eigenvalue weighted by atomic mass is 16.3. The van der Waals surface area contributed by atoms with Gasteiger partial charge in [0.05, 0.1) is 12.1 Å². The molecule has 4 atom stereocenters. The highest BCUT2D eigenvalue weighted by Crippen LogP contribution is 2.21. The molecule has 3 amide bonds. The maximum Gasteiger partial charge on any atom is 0.243 e. The number of aliphatic hydroxyl groups excluding tert-OH is 1. The van der Waals surface area contributed by atoms with Crippen molar-refractivity contribution in [1.29, 1.82) is 0 Å². The zero-order chi connectivity index (χ0) is 16.3. The second-order valence-electron chi connectivity index (χ2n) is 5.97. The van der Waals surface area contributed by atoms with Crippen LogP contribution in [0.5, 0.6) is 0 Å². The van der Waals surface area contributed by atoms with Gasteiger partial charge >= 0.3 is 0 Å². The molecule has 0 radical (unpaired) electrons. The van der Waals surface area contributed by atoms with E-state index in [2.05, 4.69) is 10.6 Å². The van der Waals surface area contributed by atoms with Crippen LogP contribution in [0.3, 0.4) is 0 Å². The maximum atomic E-state index is 12.5.